The van der Waals surface area contributed by atoms with Crippen LogP contribution in [0.15, 0.2) is 42.7 Å². The molecule has 0 unspecified atom stereocenters. The van der Waals surface area contributed by atoms with Crippen LogP contribution in [0.5, 0.6) is 11.5 Å². The van der Waals surface area contributed by atoms with Crippen LogP contribution in [0, 0.1) is 17.7 Å². The van der Waals surface area contributed by atoms with Crippen LogP contribution in [0.1, 0.15) is 54.1 Å². The number of ether oxygens (including phenoxy) is 3. The molecule has 1 heterocycles. The first-order chi connectivity index (χ1) is 20.9. The van der Waals surface area contributed by atoms with Crippen molar-refractivity contribution in [2.75, 3.05) is 32.3 Å². The van der Waals surface area contributed by atoms with Gasteiger partial charge in [-0.05, 0) is 49.3 Å². The van der Waals surface area contributed by atoms with Gasteiger partial charge in [0.2, 0.25) is 5.91 Å². The number of rotatable bonds is 12. The summed E-state index contributed by atoms with van der Waals surface area (Å²) in [5.41, 5.74) is -1.81. The van der Waals surface area contributed by atoms with Crippen LogP contribution in [-0.2, 0) is 27.0 Å². The molecular formula is C30H34F4N4O6. The third kappa shape index (κ3) is 7.72. The van der Waals surface area contributed by atoms with Crippen LogP contribution >= 0.6 is 0 Å². The van der Waals surface area contributed by atoms with E-state index in [1.807, 2.05) is 0 Å². The van der Waals surface area contributed by atoms with Crippen molar-refractivity contribution >= 4 is 17.6 Å². The van der Waals surface area contributed by atoms with Gasteiger partial charge in [-0.3, -0.25) is 4.79 Å². The molecule has 1 saturated carbocycles. The molecule has 1 aliphatic rings. The highest BCUT2D eigenvalue weighted by Gasteiger charge is 2.37. The maximum absolute atomic E-state index is 15.7. The Morgan fingerprint density at radius 1 is 1.02 bits per heavy atom. The lowest BCUT2D eigenvalue weighted by Crippen LogP contribution is -2.49. The standard InChI is InChI=1S/C30H34F4N4O6/c1-18-4-7-20(8-5-18)28(39)38(21(16-42-2)17-43-3)25-14-24(31)27(13-22(25)29(40)41)44-26-9-6-19(12-23(26)30(32,33)34)15-37-35-10-11-36-37/h6,9-14,18,20-21H,4-5,7-8,15-17H2,1-3H3,(H,40,41)/t18-,20-. The molecule has 2 aromatic carbocycles. The van der Waals surface area contributed by atoms with Crippen molar-refractivity contribution in [3.8, 4) is 11.5 Å². The molecule has 1 aromatic heterocycles. The average Bonchev–Trinajstić information content (AvgIpc) is 3.48. The minimum atomic E-state index is -4.89. The number of alkyl halides is 3. The SMILES string of the molecule is COCC(COC)N(c1cc(F)c(Oc2ccc(Cn3nccn3)cc2C(F)(F)F)cc1C(=O)O)C(=O)[C@H]1CC[C@H](C)CC1. The summed E-state index contributed by atoms with van der Waals surface area (Å²) in [6.07, 6.45) is 0.620. The highest BCUT2D eigenvalue weighted by molar-refractivity contribution is 6.03. The number of halogens is 4. The molecule has 10 nitrogen and oxygen atoms in total. The van der Waals surface area contributed by atoms with Crippen molar-refractivity contribution in [3.63, 3.8) is 0 Å². The summed E-state index contributed by atoms with van der Waals surface area (Å²) in [4.78, 5) is 28.7. The topological polar surface area (TPSA) is 116 Å². The molecule has 238 valence electrons. The Morgan fingerprint density at radius 3 is 2.23 bits per heavy atom. The molecule has 14 heteroatoms. The molecule has 0 atom stereocenters. The smallest absolute Gasteiger partial charge is 0.419 e. The third-order valence-corrected chi connectivity index (χ3v) is 7.59. The largest absolute Gasteiger partial charge is 0.478 e. The van der Waals surface area contributed by atoms with E-state index in [0.29, 0.717) is 18.8 Å². The third-order valence-electron chi connectivity index (χ3n) is 7.59. The van der Waals surface area contributed by atoms with Gasteiger partial charge in [0, 0.05) is 32.3 Å². The molecule has 1 N–H and O–H groups in total. The van der Waals surface area contributed by atoms with Gasteiger partial charge in [-0.2, -0.15) is 28.2 Å². The van der Waals surface area contributed by atoms with Crippen molar-refractivity contribution in [1.82, 2.24) is 15.0 Å². The molecule has 1 amide bonds. The number of nitrogens with zero attached hydrogens (tertiary/aromatic N) is 4. The number of carbonyl (C=O) groups excluding carboxylic acids is 1. The predicted molar refractivity (Wildman–Crippen MR) is 150 cm³/mol. The predicted octanol–water partition coefficient (Wildman–Crippen LogP) is 5.80. The second-order valence-corrected chi connectivity index (χ2v) is 10.8. The number of hydrogen-bond acceptors (Lipinski definition) is 7. The monoisotopic (exact) mass is 622 g/mol. The quantitative estimate of drug-likeness (QED) is 0.252. The van der Waals surface area contributed by atoms with E-state index in [4.69, 9.17) is 14.2 Å². The van der Waals surface area contributed by atoms with Crippen molar-refractivity contribution in [2.24, 2.45) is 11.8 Å². The van der Waals surface area contributed by atoms with E-state index in [9.17, 15) is 27.9 Å². The van der Waals surface area contributed by atoms with Crippen LogP contribution in [0.2, 0.25) is 0 Å². The summed E-state index contributed by atoms with van der Waals surface area (Å²) in [7, 11) is 2.80. The van der Waals surface area contributed by atoms with Crippen molar-refractivity contribution < 1.29 is 46.5 Å². The lowest BCUT2D eigenvalue weighted by Gasteiger charge is -2.36. The first kappa shape index (κ1) is 32.9. The van der Waals surface area contributed by atoms with Gasteiger partial charge < -0.3 is 24.2 Å². The Balaban J connectivity index is 1.75. The Bertz CT molecular complexity index is 1440. The lowest BCUT2D eigenvalue weighted by atomic mass is 9.82. The number of amides is 1. The van der Waals surface area contributed by atoms with Crippen LogP contribution in [-0.4, -0.2) is 65.5 Å². The molecule has 0 aliphatic heterocycles. The number of benzene rings is 2. The molecule has 0 saturated heterocycles. The number of aromatic carboxylic acids is 1. The first-order valence-corrected chi connectivity index (χ1v) is 14.0. The van der Waals surface area contributed by atoms with Crippen molar-refractivity contribution in [3.05, 3.63) is 65.2 Å². The zero-order valence-corrected chi connectivity index (χ0v) is 24.5. The summed E-state index contributed by atoms with van der Waals surface area (Å²) in [6.45, 7) is 1.94. The number of carboxylic acid groups (broad SMARTS) is 1. The molecule has 0 spiro atoms. The van der Waals surface area contributed by atoms with E-state index in [-0.39, 0.29) is 31.0 Å². The van der Waals surface area contributed by atoms with Gasteiger partial charge in [-0.1, -0.05) is 13.0 Å². The van der Waals surface area contributed by atoms with E-state index in [1.54, 1.807) is 0 Å². The fourth-order valence-corrected chi connectivity index (χ4v) is 5.37. The number of carboxylic acids is 1. The molecule has 44 heavy (non-hydrogen) atoms. The average molecular weight is 623 g/mol. The molecular weight excluding hydrogens is 588 g/mol. The van der Waals surface area contributed by atoms with Gasteiger partial charge in [0.25, 0.3) is 0 Å². The van der Waals surface area contributed by atoms with Gasteiger partial charge in [0.1, 0.15) is 5.75 Å². The van der Waals surface area contributed by atoms with Gasteiger partial charge >= 0.3 is 12.1 Å². The Hall–Kier alpha value is -4.04. The van der Waals surface area contributed by atoms with Crippen LogP contribution in [0.3, 0.4) is 0 Å². The second kappa shape index (κ2) is 14.2. The number of anilines is 1. The van der Waals surface area contributed by atoms with Crippen molar-refractivity contribution in [1.29, 1.82) is 0 Å². The second-order valence-electron chi connectivity index (χ2n) is 10.8. The van der Waals surface area contributed by atoms with Crippen LogP contribution in [0.25, 0.3) is 0 Å². The minimum absolute atomic E-state index is 0.0447. The fraction of sp³-hybridized carbons (Fsp3) is 0.467. The van der Waals surface area contributed by atoms with Crippen molar-refractivity contribution in [2.45, 2.75) is 51.4 Å². The van der Waals surface area contributed by atoms with E-state index < -0.39 is 58.5 Å². The Kier molecular flexibility index (Phi) is 10.6. The molecule has 0 bridgehead atoms. The molecule has 4 rings (SSSR count). The maximum atomic E-state index is 15.7. The van der Waals surface area contributed by atoms with Gasteiger partial charge in [-0.25, -0.2) is 9.18 Å². The summed E-state index contributed by atoms with van der Waals surface area (Å²) in [6, 6.07) is 3.95. The molecule has 1 aliphatic carbocycles. The summed E-state index contributed by atoms with van der Waals surface area (Å²) >= 11 is 0. The highest BCUT2D eigenvalue weighted by Crippen LogP contribution is 2.41. The summed E-state index contributed by atoms with van der Waals surface area (Å²) < 4.78 is 73.7. The van der Waals surface area contributed by atoms with Gasteiger partial charge in [-0.15, -0.1) is 0 Å². The number of methoxy groups -OCH3 is 2. The van der Waals surface area contributed by atoms with E-state index in [0.717, 1.165) is 37.1 Å². The normalized spacial score (nSPS) is 17.1. The minimum Gasteiger partial charge on any atom is -0.478 e. The van der Waals surface area contributed by atoms with Gasteiger partial charge in [0.15, 0.2) is 11.6 Å². The summed E-state index contributed by atoms with van der Waals surface area (Å²) in [5, 5.41) is 17.9. The molecule has 0 radical (unpaired) electrons. The van der Waals surface area contributed by atoms with E-state index in [2.05, 4.69) is 17.1 Å². The van der Waals surface area contributed by atoms with Crippen LogP contribution < -0.4 is 9.64 Å². The first-order valence-electron chi connectivity index (χ1n) is 14.0. The Morgan fingerprint density at radius 2 is 1.66 bits per heavy atom. The molecule has 1 fully saturated rings. The zero-order valence-electron chi connectivity index (χ0n) is 24.5. The number of hydrogen-bond donors (Lipinski definition) is 1. The summed E-state index contributed by atoms with van der Waals surface area (Å²) in [5.74, 6) is -4.60. The van der Waals surface area contributed by atoms with Crippen LogP contribution in [0.4, 0.5) is 23.2 Å². The maximum Gasteiger partial charge on any atom is 0.419 e. The Labute approximate surface area is 251 Å². The highest BCUT2D eigenvalue weighted by atomic mass is 19.4. The lowest BCUT2D eigenvalue weighted by molar-refractivity contribution is -0.138. The fourth-order valence-electron chi connectivity index (χ4n) is 5.37. The van der Waals surface area contributed by atoms with E-state index >= 15 is 4.39 Å². The molecule has 3 aromatic rings. The number of aromatic nitrogens is 3. The zero-order chi connectivity index (χ0) is 32.0. The number of carbonyl (C=O) groups is 2. The van der Waals surface area contributed by atoms with Gasteiger partial charge in [0.05, 0.1) is 55.0 Å². The van der Waals surface area contributed by atoms with E-state index in [1.165, 1.54) is 42.4 Å².